The Hall–Kier alpha value is -0.320. The molecule has 2 N–H and O–H groups in total. The zero-order valence-electron chi connectivity index (χ0n) is 13.8. The van der Waals surface area contributed by atoms with Gasteiger partial charge in [-0.2, -0.15) is 0 Å². The van der Waals surface area contributed by atoms with Crippen molar-refractivity contribution in [3.05, 3.63) is 0 Å². The average Bonchev–Trinajstić information content (AvgIpc) is 2.91. The molecule has 0 bridgehead atoms. The van der Waals surface area contributed by atoms with E-state index in [1.165, 1.54) is 32.1 Å². The van der Waals surface area contributed by atoms with Crippen molar-refractivity contribution in [1.29, 1.82) is 0 Å². The van der Waals surface area contributed by atoms with Crippen LogP contribution >= 0.6 is 12.4 Å². The summed E-state index contributed by atoms with van der Waals surface area (Å²) >= 11 is 0. The van der Waals surface area contributed by atoms with Crippen molar-refractivity contribution in [3.8, 4) is 0 Å². The molecule has 1 unspecified atom stereocenters. The third kappa shape index (κ3) is 5.11. The van der Waals surface area contributed by atoms with E-state index in [1.807, 2.05) is 0 Å². The Bertz CT molecular complexity index is 329. The zero-order chi connectivity index (χ0) is 14.6. The van der Waals surface area contributed by atoms with Gasteiger partial charge >= 0.3 is 0 Å². The number of hydrogen-bond acceptors (Lipinski definition) is 3. The van der Waals surface area contributed by atoms with E-state index in [4.69, 9.17) is 0 Å². The van der Waals surface area contributed by atoms with Gasteiger partial charge in [0.1, 0.15) is 0 Å². The Labute approximate surface area is 135 Å². The SMILES string of the molecule is CN(CCNC(=O)C1NCCCC1(C)C)C1CCCC1.Cl. The highest BCUT2D eigenvalue weighted by atomic mass is 35.5. The minimum Gasteiger partial charge on any atom is -0.353 e. The number of carbonyl (C=O) groups is 1. The molecule has 2 fully saturated rings. The fraction of sp³-hybridized carbons (Fsp3) is 0.938. The lowest BCUT2D eigenvalue weighted by Crippen LogP contribution is -2.56. The predicted octanol–water partition coefficient (Wildman–Crippen LogP) is 2.18. The standard InChI is InChI=1S/C16H31N3O.ClH/c1-16(2)9-6-10-17-14(16)15(20)18-11-12-19(3)13-7-4-5-8-13;/h13-14,17H,4-12H2,1-3H3,(H,18,20);1H. The fourth-order valence-corrected chi connectivity index (χ4v) is 3.64. The molecule has 1 aliphatic carbocycles. The third-order valence-electron chi connectivity index (χ3n) is 5.10. The number of piperidine rings is 1. The Morgan fingerprint density at radius 1 is 1.29 bits per heavy atom. The second-order valence-corrected chi connectivity index (χ2v) is 7.19. The molecule has 0 spiro atoms. The van der Waals surface area contributed by atoms with Crippen LogP contribution in [0.4, 0.5) is 0 Å². The molecule has 124 valence electrons. The van der Waals surface area contributed by atoms with Crippen LogP contribution in [0.2, 0.25) is 0 Å². The summed E-state index contributed by atoms with van der Waals surface area (Å²) in [4.78, 5) is 14.7. The fourth-order valence-electron chi connectivity index (χ4n) is 3.64. The topological polar surface area (TPSA) is 44.4 Å². The van der Waals surface area contributed by atoms with E-state index in [0.29, 0.717) is 0 Å². The number of amides is 1. The monoisotopic (exact) mass is 317 g/mol. The summed E-state index contributed by atoms with van der Waals surface area (Å²) in [5.41, 5.74) is 0.0691. The minimum absolute atomic E-state index is 0. The number of nitrogens with one attached hydrogen (secondary N) is 2. The maximum atomic E-state index is 12.3. The van der Waals surface area contributed by atoms with Crippen molar-refractivity contribution in [3.63, 3.8) is 0 Å². The Morgan fingerprint density at radius 2 is 1.95 bits per heavy atom. The van der Waals surface area contributed by atoms with Crippen molar-refractivity contribution < 1.29 is 4.79 Å². The highest BCUT2D eigenvalue weighted by Gasteiger charge is 2.36. The van der Waals surface area contributed by atoms with E-state index in [0.717, 1.165) is 32.1 Å². The summed E-state index contributed by atoms with van der Waals surface area (Å²) in [5, 5.41) is 6.50. The summed E-state index contributed by atoms with van der Waals surface area (Å²) in [6, 6.07) is 0.698. The highest BCUT2D eigenvalue weighted by Crippen LogP contribution is 2.30. The molecular formula is C16H32ClN3O. The second kappa shape index (κ2) is 8.35. The summed E-state index contributed by atoms with van der Waals surface area (Å²) in [7, 11) is 2.19. The van der Waals surface area contributed by atoms with Crippen LogP contribution < -0.4 is 10.6 Å². The molecule has 0 aromatic heterocycles. The molecule has 1 atom stereocenters. The molecule has 1 saturated carbocycles. The first-order chi connectivity index (χ1) is 9.50. The lowest BCUT2D eigenvalue weighted by atomic mass is 9.77. The average molecular weight is 318 g/mol. The van der Waals surface area contributed by atoms with Crippen molar-refractivity contribution in [2.45, 2.75) is 64.5 Å². The second-order valence-electron chi connectivity index (χ2n) is 7.19. The molecule has 0 radical (unpaired) electrons. The van der Waals surface area contributed by atoms with Crippen molar-refractivity contribution >= 4 is 18.3 Å². The van der Waals surface area contributed by atoms with Crippen LogP contribution in [-0.2, 0) is 4.79 Å². The number of carbonyl (C=O) groups excluding carboxylic acids is 1. The summed E-state index contributed by atoms with van der Waals surface area (Å²) < 4.78 is 0. The first-order valence-electron chi connectivity index (χ1n) is 8.22. The van der Waals surface area contributed by atoms with E-state index in [1.54, 1.807) is 0 Å². The van der Waals surface area contributed by atoms with Gasteiger partial charge in [-0.15, -0.1) is 12.4 Å². The van der Waals surface area contributed by atoms with Gasteiger partial charge in [0, 0.05) is 19.1 Å². The van der Waals surface area contributed by atoms with Gasteiger partial charge in [0.15, 0.2) is 0 Å². The van der Waals surface area contributed by atoms with E-state index in [-0.39, 0.29) is 29.8 Å². The van der Waals surface area contributed by atoms with Gasteiger partial charge in [0.25, 0.3) is 0 Å². The highest BCUT2D eigenvalue weighted by molar-refractivity contribution is 5.85. The normalized spacial score (nSPS) is 25.6. The van der Waals surface area contributed by atoms with Crippen LogP contribution in [-0.4, -0.2) is 49.6 Å². The summed E-state index contributed by atoms with van der Waals surface area (Å²) in [6.07, 6.45) is 7.66. The molecule has 2 rings (SSSR count). The number of hydrogen-bond donors (Lipinski definition) is 2. The van der Waals surface area contributed by atoms with Crippen molar-refractivity contribution in [2.24, 2.45) is 5.41 Å². The molecule has 4 nitrogen and oxygen atoms in total. The van der Waals surface area contributed by atoms with Crippen LogP contribution in [0.5, 0.6) is 0 Å². The van der Waals surface area contributed by atoms with Gasteiger partial charge in [-0.3, -0.25) is 4.79 Å². The molecular weight excluding hydrogens is 286 g/mol. The van der Waals surface area contributed by atoms with Crippen molar-refractivity contribution in [2.75, 3.05) is 26.7 Å². The molecule has 0 aromatic carbocycles. The summed E-state index contributed by atoms with van der Waals surface area (Å²) in [6.45, 7) is 7.06. The minimum atomic E-state index is -0.0342. The molecule has 1 saturated heterocycles. The largest absolute Gasteiger partial charge is 0.353 e. The first-order valence-corrected chi connectivity index (χ1v) is 8.22. The van der Waals surface area contributed by atoms with Gasteiger partial charge in [-0.25, -0.2) is 0 Å². The van der Waals surface area contributed by atoms with E-state index in [9.17, 15) is 4.79 Å². The number of likely N-dealkylation sites (N-methyl/N-ethyl adjacent to an activating group) is 1. The van der Waals surface area contributed by atoms with Gasteiger partial charge in [-0.1, -0.05) is 26.7 Å². The predicted molar refractivity (Wildman–Crippen MR) is 89.9 cm³/mol. The lowest BCUT2D eigenvalue weighted by molar-refractivity contribution is -0.126. The number of halogens is 1. The van der Waals surface area contributed by atoms with Crippen LogP contribution in [0.15, 0.2) is 0 Å². The molecule has 5 heteroatoms. The quantitative estimate of drug-likeness (QED) is 0.817. The van der Waals surface area contributed by atoms with Gasteiger partial charge in [0.05, 0.1) is 6.04 Å². The Balaban J connectivity index is 0.00000220. The van der Waals surface area contributed by atoms with Gasteiger partial charge < -0.3 is 15.5 Å². The maximum Gasteiger partial charge on any atom is 0.237 e. The van der Waals surface area contributed by atoms with E-state index < -0.39 is 0 Å². The molecule has 21 heavy (non-hydrogen) atoms. The molecule has 0 aromatic rings. The van der Waals surface area contributed by atoms with Crippen LogP contribution in [0, 0.1) is 5.41 Å². The smallest absolute Gasteiger partial charge is 0.237 e. The number of nitrogens with zero attached hydrogens (tertiary/aromatic N) is 1. The molecule has 1 amide bonds. The third-order valence-corrected chi connectivity index (χ3v) is 5.10. The maximum absolute atomic E-state index is 12.3. The zero-order valence-corrected chi connectivity index (χ0v) is 14.6. The lowest BCUT2D eigenvalue weighted by Gasteiger charge is -2.38. The van der Waals surface area contributed by atoms with Gasteiger partial charge in [-0.05, 0) is 44.7 Å². The van der Waals surface area contributed by atoms with E-state index >= 15 is 0 Å². The number of rotatable bonds is 5. The molecule has 2 aliphatic rings. The van der Waals surface area contributed by atoms with Crippen LogP contribution in [0.1, 0.15) is 52.4 Å². The van der Waals surface area contributed by atoms with Crippen molar-refractivity contribution in [1.82, 2.24) is 15.5 Å². The molecule has 1 aliphatic heterocycles. The van der Waals surface area contributed by atoms with Crippen LogP contribution in [0.3, 0.4) is 0 Å². The van der Waals surface area contributed by atoms with Crippen LogP contribution in [0.25, 0.3) is 0 Å². The van der Waals surface area contributed by atoms with E-state index in [2.05, 4.69) is 36.4 Å². The molecule has 1 heterocycles. The first kappa shape index (κ1) is 18.7. The summed E-state index contributed by atoms with van der Waals surface area (Å²) in [5.74, 6) is 0.175. The van der Waals surface area contributed by atoms with Gasteiger partial charge in [0.2, 0.25) is 5.91 Å². The Morgan fingerprint density at radius 3 is 2.57 bits per heavy atom. The Kier molecular flexibility index (Phi) is 7.45.